The summed E-state index contributed by atoms with van der Waals surface area (Å²) in [6.07, 6.45) is 1.92. The summed E-state index contributed by atoms with van der Waals surface area (Å²) in [6, 6.07) is 20.8. The third-order valence-electron chi connectivity index (χ3n) is 6.09. The predicted molar refractivity (Wildman–Crippen MR) is 140 cm³/mol. The molecule has 1 fully saturated rings. The average molecular weight is 505 g/mol. The number of hydrogen-bond donors (Lipinski definition) is 1. The number of carbonyl (C=O) groups excluding carboxylic acids is 1. The molecule has 1 amide bonds. The molecule has 0 atom stereocenters. The van der Waals surface area contributed by atoms with Crippen molar-refractivity contribution in [2.24, 2.45) is 0 Å². The van der Waals surface area contributed by atoms with Gasteiger partial charge >= 0.3 is 0 Å². The van der Waals surface area contributed by atoms with Crippen molar-refractivity contribution in [3.63, 3.8) is 0 Å². The minimum atomic E-state index is -0.0812. The Bertz CT molecular complexity index is 1250. The number of rotatable bonds is 8. The first-order valence-electron chi connectivity index (χ1n) is 11.8. The number of aromatic nitrogens is 4. The van der Waals surface area contributed by atoms with Gasteiger partial charge < -0.3 is 5.32 Å². The first-order valence-corrected chi connectivity index (χ1v) is 13.6. The van der Waals surface area contributed by atoms with Crippen molar-refractivity contribution in [3.8, 4) is 5.69 Å². The number of para-hydroxylation sites is 1. The molecular formula is C26H28N6OS2. The number of benzene rings is 2. The molecule has 1 aliphatic rings. The van der Waals surface area contributed by atoms with Gasteiger partial charge in [-0.15, -0.1) is 21.5 Å². The summed E-state index contributed by atoms with van der Waals surface area (Å²) in [6.45, 7) is 4.88. The SMILES string of the molecule is Cc1nnc(SCc2nc(C(=O)NC3CCN(Cc4ccccc4)CC3)cs2)n1-c1ccccc1. The average Bonchev–Trinajstić information content (AvgIpc) is 3.52. The highest BCUT2D eigenvalue weighted by molar-refractivity contribution is 7.98. The van der Waals surface area contributed by atoms with Gasteiger partial charge in [0.2, 0.25) is 0 Å². The van der Waals surface area contributed by atoms with E-state index < -0.39 is 0 Å². The lowest BCUT2D eigenvalue weighted by Gasteiger charge is -2.32. The first kappa shape index (κ1) is 23.7. The molecule has 2 aromatic heterocycles. The van der Waals surface area contributed by atoms with Crippen molar-refractivity contribution in [3.05, 3.63) is 88.1 Å². The van der Waals surface area contributed by atoms with Crippen LogP contribution in [0.5, 0.6) is 0 Å². The Morgan fingerprint density at radius 3 is 2.51 bits per heavy atom. The van der Waals surface area contributed by atoms with Crippen molar-refractivity contribution in [1.29, 1.82) is 0 Å². The van der Waals surface area contributed by atoms with Gasteiger partial charge in [0.25, 0.3) is 5.91 Å². The van der Waals surface area contributed by atoms with Gasteiger partial charge in [0, 0.05) is 36.7 Å². The highest BCUT2D eigenvalue weighted by atomic mass is 32.2. The van der Waals surface area contributed by atoms with Crippen LogP contribution in [0.2, 0.25) is 0 Å². The Labute approximate surface area is 213 Å². The van der Waals surface area contributed by atoms with E-state index in [1.54, 1.807) is 11.8 Å². The number of nitrogens with one attached hydrogen (secondary N) is 1. The van der Waals surface area contributed by atoms with Gasteiger partial charge in [-0.2, -0.15) is 0 Å². The fraction of sp³-hybridized carbons (Fsp3) is 0.308. The number of likely N-dealkylation sites (tertiary alicyclic amines) is 1. The first-order chi connectivity index (χ1) is 17.2. The van der Waals surface area contributed by atoms with Crippen LogP contribution in [0.15, 0.2) is 71.2 Å². The Morgan fingerprint density at radius 1 is 1.06 bits per heavy atom. The van der Waals surface area contributed by atoms with Crippen LogP contribution in [0.25, 0.3) is 5.69 Å². The molecule has 0 bridgehead atoms. The van der Waals surface area contributed by atoms with Gasteiger partial charge in [-0.25, -0.2) is 4.98 Å². The number of amides is 1. The Morgan fingerprint density at radius 2 is 1.77 bits per heavy atom. The smallest absolute Gasteiger partial charge is 0.270 e. The second kappa shape index (κ2) is 11.2. The van der Waals surface area contributed by atoms with Crippen LogP contribution in [0, 0.1) is 6.92 Å². The number of hydrogen-bond acceptors (Lipinski definition) is 7. The number of aryl methyl sites for hydroxylation is 1. The third kappa shape index (κ3) is 5.98. The summed E-state index contributed by atoms with van der Waals surface area (Å²) >= 11 is 3.09. The monoisotopic (exact) mass is 504 g/mol. The molecule has 1 N–H and O–H groups in total. The molecule has 9 heteroatoms. The highest BCUT2D eigenvalue weighted by Crippen LogP contribution is 2.26. The summed E-state index contributed by atoms with van der Waals surface area (Å²) in [7, 11) is 0. The van der Waals surface area contributed by atoms with Gasteiger partial charge in [0.15, 0.2) is 5.16 Å². The number of thiazole rings is 1. The molecule has 1 saturated heterocycles. The van der Waals surface area contributed by atoms with Crippen LogP contribution in [-0.2, 0) is 12.3 Å². The van der Waals surface area contributed by atoms with E-state index in [0.29, 0.717) is 11.4 Å². The molecule has 7 nitrogen and oxygen atoms in total. The second-order valence-corrected chi connectivity index (χ2v) is 10.5. The molecular weight excluding hydrogens is 476 g/mol. The highest BCUT2D eigenvalue weighted by Gasteiger charge is 2.22. The molecule has 5 rings (SSSR count). The maximum Gasteiger partial charge on any atom is 0.270 e. The maximum absolute atomic E-state index is 12.8. The zero-order valence-electron chi connectivity index (χ0n) is 19.6. The molecule has 2 aromatic carbocycles. The minimum Gasteiger partial charge on any atom is -0.348 e. The normalized spacial score (nSPS) is 14.8. The summed E-state index contributed by atoms with van der Waals surface area (Å²) < 4.78 is 2.04. The molecule has 3 heterocycles. The fourth-order valence-electron chi connectivity index (χ4n) is 4.25. The number of piperidine rings is 1. The van der Waals surface area contributed by atoms with Crippen molar-refractivity contribution in [2.45, 2.75) is 43.3 Å². The molecule has 35 heavy (non-hydrogen) atoms. The van der Waals surface area contributed by atoms with Crippen LogP contribution in [0.4, 0.5) is 0 Å². The van der Waals surface area contributed by atoms with Gasteiger partial charge in [-0.1, -0.05) is 60.3 Å². The summed E-state index contributed by atoms with van der Waals surface area (Å²) in [4.78, 5) is 19.8. The van der Waals surface area contributed by atoms with E-state index in [0.717, 1.165) is 54.2 Å². The quantitative estimate of drug-likeness (QED) is 0.350. The molecule has 0 aliphatic carbocycles. The molecule has 1 aliphatic heterocycles. The lowest BCUT2D eigenvalue weighted by Crippen LogP contribution is -2.44. The minimum absolute atomic E-state index is 0.0812. The molecule has 180 valence electrons. The van der Waals surface area contributed by atoms with E-state index in [4.69, 9.17) is 0 Å². The van der Waals surface area contributed by atoms with E-state index in [9.17, 15) is 4.79 Å². The largest absolute Gasteiger partial charge is 0.348 e. The Hall–Kier alpha value is -3.01. The lowest BCUT2D eigenvalue weighted by atomic mass is 10.0. The Balaban J connectivity index is 1.12. The van der Waals surface area contributed by atoms with Crippen LogP contribution >= 0.6 is 23.1 Å². The summed E-state index contributed by atoms with van der Waals surface area (Å²) in [5, 5.41) is 15.3. The summed E-state index contributed by atoms with van der Waals surface area (Å²) in [5.74, 6) is 1.40. The van der Waals surface area contributed by atoms with Crippen LogP contribution in [-0.4, -0.2) is 49.7 Å². The van der Waals surface area contributed by atoms with Gasteiger partial charge in [0.1, 0.15) is 16.5 Å². The standard InChI is InChI=1S/C26H28N6OS2/c1-19-29-30-26(32(19)22-10-6-3-7-11-22)35-18-24-28-23(17-34-24)25(33)27-21-12-14-31(15-13-21)16-20-8-4-2-5-9-20/h2-11,17,21H,12-16,18H2,1H3,(H,27,33). The molecule has 0 radical (unpaired) electrons. The molecule has 0 spiro atoms. The van der Waals surface area contributed by atoms with E-state index >= 15 is 0 Å². The molecule has 0 unspecified atom stereocenters. The van der Waals surface area contributed by atoms with Gasteiger partial charge in [-0.3, -0.25) is 14.3 Å². The molecule has 0 saturated carbocycles. The lowest BCUT2D eigenvalue weighted by molar-refractivity contribution is 0.0904. The zero-order valence-corrected chi connectivity index (χ0v) is 21.3. The summed E-state index contributed by atoms with van der Waals surface area (Å²) in [5.41, 5.74) is 2.87. The third-order valence-corrected chi connectivity index (χ3v) is 8.06. The van der Waals surface area contributed by atoms with E-state index in [-0.39, 0.29) is 11.9 Å². The Kier molecular flexibility index (Phi) is 7.56. The van der Waals surface area contributed by atoms with Gasteiger partial charge in [0.05, 0.1) is 5.75 Å². The number of nitrogens with zero attached hydrogens (tertiary/aromatic N) is 5. The number of thioether (sulfide) groups is 1. The van der Waals surface area contributed by atoms with E-state index in [1.165, 1.54) is 16.9 Å². The van der Waals surface area contributed by atoms with Crippen molar-refractivity contribution >= 4 is 29.0 Å². The van der Waals surface area contributed by atoms with Crippen LogP contribution in [0.1, 0.15) is 39.7 Å². The molecule has 4 aromatic rings. The van der Waals surface area contributed by atoms with Crippen molar-refractivity contribution in [1.82, 2.24) is 30.0 Å². The zero-order chi connectivity index (χ0) is 24.0. The van der Waals surface area contributed by atoms with Crippen LogP contribution in [0.3, 0.4) is 0 Å². The van der Waals surface area contributed by atoms with Crippen molar-refractivity contribution in [2.75, 3.05) is 13.1 Å². The van der Waals surface area contributed by atoms with Gasteiger partial charge in [-0.05, 0) is 37.5 Å². The number of carbonyl (C=O) groups is 1. The second-order valence-electron chi connectivity index (χ2n) is 8.63. The predicted octanol–water partition coefficient (Wildman–Crippen LogP) is 4.72. The van der Waals surface area contributed by atoms with E-state index in [2.05, 4.69) is 49.7 Å². The van der Waals surface area contributed by atoms with Crippen LogP contribution < -0.4 is 5.32 Å². The topological polar surface area (TPSA) is 75.9 Å². The maximum atomic E-state index is 12.8. The fourth-order valence-corrected chi connectivity index (χ4v) is 6.04. The van der Waals surface area contributed by atoms with Crippen molar-refractivity contribution < 1.29 is 4.79 Å². The van der Waals surface area contributed by atoms with E-state index in [1.807, 2.05) is 53.3 Å².